The van der Waals surface area contributed by atoms with E-state index < -0.39 is 0 Å². The molecule has 2 aliphatic heterocycles. The third kappa shape index (κ3) is 3.44. The highest BCUT2D eigenvalue weighted by atomic mass is 16.6. The monoisotopic (exact) mass is 366 g/mol. The standard InChI is InChI=1S/C20H18N2O5/c1-24-14-9-13(10-15(11-14)25-2)19-21-16(20(23)22-19)7-12-3-4-17-18(8-12)27-6-5-26-17/h3-4,7-11H,5-6H2,1-2H3,(H,21,22,23)/b16-7+. The molecule has 1 amide bonds. The first kappa shape index (κ1) is 17.0. The zero-order valence-electron chi connectivity index (χ0n) is 14.9. The van der Waals surface area contributed by atoms with Gasteiger partial charge in [-0.25, -0.2) is 4.99 Å². The van der Waals surface area contributed by atoms with E-state index in [-0.39, 0.29) is 5.91 Å². The van der Waals surface area contributed by atoms with Gasteiger partial charge < -0.3 is 24.3 Å². The van der Waals surface area contributed by atoms with Gasteiger partial charge in [0.25, 0.3) is 5.91 Å². The number of amidine groups is 1. The zero-order valence-corrected chi connectivity index (χ0v) is 14.9. The van der Waals surface area contributed by atoms with E-state index in [0.29, 0.717) is 53.3 Å². The van der Waals surface area contributed by atoms with Crippen LogP contribution >= 0.6 is 0 Å². The second-order valence-electron chi connectivity index (χ2n) is 5.95. The van der Waals surface area contributed by atoms with Crippen LogP contribution in [0.1, 0.15) is 11.1 Å². The summed E-state index contributed by atoms with van der Waals surface area (Å²) in [4.78, 5) is 16.8. The SMILES string of the molecule is COc1cc(OC)cc(C2=N/C(=C/c3ccc4c(c3)OCCO4)C(=O)N2)c1. The van der Waals surface area contributed by atoms with Crippen LogP contribution in [0.25, 0.3) is 6.08 Å². The van der Waals surface area contributed by atoms with Crippen molar-refractivity contribution < 1.29 is 23.7 Å². The predicted molar refractivity (Wildman–Crippen MR) is 99.6 cm³/mol. The fourth-order valence-electron chi connectivity index (χ4n) is 2.86. The van der Waals surface area contributed by atoms with E-state index in [2.05, 4.69) is 10.3 Å². The third-order valence-electron chi connectivity index (χ3n) is 4.19. The summed E-state index contributed by atoms with van der Waals surface area (Å²) >= 11 is 0. The number of amides is 1. The highest BCUT2D eigenvalue weighted by Gasteiger charge is 2.22. The first-order chi connectivity index (χ1) is 13.2. The van der Waals surface area contributed by atoms with E-state index in [9.17, 15) is 4.79 Å². The van der Waals surface area contributed by atoms with Crippen molar-refractivity contribution in [2.75, 3.05) is 27.4 Å². The summed E-state index contributed by atoms with van der Waals surface area (Å²) < 4.78 is 21.6. The Labute approximate surface area is 156 Å². The van der Waals surface area contributed by atoms with Gasteiger partial charge in [-0.2, -0.15) is 0 Å². The Morgan fingerprint density at radius 2 is 1.70 bits per heavy atom. The van der Waals surface area contributed by atoms with Gasteiger partial charge >= 0.3 is 0 Å². The number of ether oxygens (including phenoxy) is 4. The van der Waals surface area contributed by atoms with Gasteiger partial charge in [0.15, 0.2) is 11.5 Å². The van der Waals surface area contributed by atoms with Crippen LogP contribution in [0.15, 0.2) is 47.1 Å². The van der Waals surface area contributed by atoms with E-state index >= 15 is 0 Å². The number of carbonyl (C=O) groups excluding carboxylic acids is 1. The van der Waals surface area contributed by atoms with Gasteiger partial charge in [-0.1, -0.05) is 6.07 Å². The Kier molecular flexibility index (Phi) is 4.42. The van der Waals surface area contributed by atoms with Crippen LogP contribution in [-0.4, -0.2) is 39.2 Å². The van der Waals surface area contributed by atoms with Crippen LogP contribution in [0, 0.1) is 0 Å². The fraction of sp³-hybridized carbons (Fsp3) is 0.200. The van der Waals surface area contributed by atoms with E-state index in [1.165, 1.54) is 0 Å². The molecule has 0 saturated carbocycles. The highest BCUT2D eigenvalue weighted by Crippen LogP contribution is 2.32. The molecule has 0 aromatic heterocycles. The van der Waals surface area contributed by atoms with E-state index in [4.69, 9.17) is 18.9 Å². The molecule has 27 heavy (non-hydrogen) atoms. The van der Waals surface area contributed by atoms with Crippen LogP contribution < -0.4 is 24.3 Å². The van der Waals surface area contributed by atoms with Crippen molar-refractivity contribution in [3.63, 3.8) is 0 Å². The average Bonchev–Trinajstić information content (AvgIpc) is 3.07. The van der Waals surface area contributed by atoms with Gasteiger partial charge in [0.2, 0.25) is 0 Å². The topological polar surface area (TPSA) is 78.4 Å². The van der Waals surface area contributed by atoms with Crippen molar-refractivity contribution in [2.45, 2.75) is 0 Å². The van der Waals surface area contributed by atoms with Gasteiger partial charge in [0.05, 0.1) is 14.2 Å². The average molecular weight is 366 g/mol. The summed E-state index contributed by atoms with van der Waals surface area (Å²) in [5, 5.41) is 2.78. The third-order valence-corrected chi connectivity index (χ3v) is 4.19. The van der Waals surface area contributed by atoms with Crippen molar-refractivity contribution in [1.82, 2.24) is 5.32 Å². The van der Waals surface area contributed by atoms with Gasteiger partial charge in [-0.15, -0.1) is 0 Å². The number of hydrogen-bond acceptors (Lipinski definition) is 6. The summed E-state index contributed by atoms with van der Waals surface area (Å²) in [6, 6.07) is 10.8. The molecule has 2 aliphatic rings. The van der Waals surface area contributed by atoms with Gasteiger partial charge in [0, 0.05) is 11.6 Å². The van der Waals surface area contributed by atoms with Crippen LogP contribution in [0.5, 0.6) is 23.0 Å². The van der Waals surface area contributed by atoms with Crippen molar-refractivity contribution in [2.24, 2.45) is 4.99 Å². The maximum absolute atomic E-state index is 12.3. The molecular formula is C20H18N2O5. The second kappa shape index (κ2) is 7.03. The van der Waals surface area contributed by atoms with Crippen molar-refractivity contribution in [1.29, 1.82) is 0 Å². The Morgan fingerprint density at radius 1 is 1.00 bits per heavy atom. The molecule has 1 N–H and O–H groups in total. The Balaban J connectivity index is 1.66. The smallest absolute Gasteiger partial charge is 0.275 e. The Hall–Kier alpha value is -3.48. The first-order valence-corrected chi connectivity index (χ1v) is 8.41. The summed E-state index contributed by atoms with van der Waals surface area (Å²) in [5.74, 6) is 2.77. The number of hydrogen-bond donors (Lipinski definition) is 1. The summed E-state index contributed by atoms with van der Waals surface area (Å²) in [6.07, 6.45) is 1.71. The Morgan fingerprint density at radius 3 is 2.41 bits per heavy atom. The molecule has 0 atom stereocenters. The zero-order chi connectivity index (χ0) is 18.8. The molecule has 0 aliphatic carbocycles. The van der Waals surface area contributed by atoms with Crippen LogP contribution in [0.3, 0.4) is 0 Å². The van der Waals surface area contributed by atoms with E-state index in [1.807, 2.05) is 18.2 Å². The largest absolute Gasteiger partial charge is 0.497 e. The molecule has 0 unspecified atom stereocenters. The minimum atomic E-state index is -0.276. The maximum atomic E-state index is 12.3. The van der Waals surface area contributed by atoms with Gasteiger partial charge in [-0.05, 0) is 35.9 Å². The van der Waals surface area contributed by atoms with E-state index in [1.54, 1.807) is 38.5 Å². The predicted octanol–water partition coefficient (Wildman–Crippen LogP) is 2.39. The van der Waals surface area contributed by atoms with E-state index in [0.717, 1.165) is 5.56 Å². The molecule has 138 valence electrons. The summed E-state index contributed by atoms with van der Waals surface area (Å²) in [6.45, 7) is 1.04. The number of rotatable bonds is 4. The lowest BCUT2D eigenvalue weighted by Crippen LogP contribution is -2.24. The summed E-state index contributed by atoms with van der Waals surface area (Å²) in [5.41, 5.74) is 1.81. The second-order valence-corrected chi connectivity index (χ2v) is 5.95. The lowest BCUT2D eigenvalue weighted by Gasteiger charge is -2.18. The fourth-order valence-corrected chi connectivity index (χ4v) is 2.86. The molecule has 2 aromatic carbocycles. The van der Waals surface area contributed by atoms with Gasteiger partial charge in [0.1, 0.15) is 36.2 Å². The van der Waals surface area contributed by atoms with Crippen molar-refractivity contribution in [3.8, 4) is 23.0 Å². The number of benzene rings is 2. The highest BCUT2D eigenvalue weighted by molar-refractivity contribution is 6.20. The maximum Gasteiger partial charge on any atom is 0.275 e. The van der Waals surface area contributed by atoms with Crippen molar-refractivity contribution >= 4 is 17.8 Å². The first-order valence-electron chi connectivity index (χ1n) is 8.41. The molecule has 7 nitrogen and oxygen atoms in total. The number of carbonyl (C=O) groups is 1. The number of nitrogens with zero attached hydrogens (tertiary/aromatic N) is 1. The van der Waals surface area contributed by atoms with Crippen LogP contribution in [0.4, 0.5) is 0 Å². The van der Waals surface area contributed by atoms with Gasteiger partial charge in [-0.3, -0.25) is 4.79 Å². The van der Waals surface area contributed by atoms with Crippen LogP contribution in [-0.2, 0) is 4.79 Å². The molecule has 0 bridgehead atoms. The lowest BCUT2D eigenvalue weighted by molar-refractivity contribution is -0.115. The number of nitrogens with one attached hydrogen (secondary N) is 1. The normalized spacial score (nSPS) is 16.7. The number of fused-ring (bicyclic) bond motifs is 1. The molecule has 4 rings (SSSR count). The number of aliphatic imine (C=N–C) groups is 1. The summed E-state index contributed by atoms with van der Waals surface area (Å²) in [7, 11) is 3.14. The molecule has 0 saturated heterocycles. The molecule has 2 heterocycles. The molecule has 0 radical (unpaired) electrons. The quantitative estimate of drug-likeness (QED) is 0.841. The molecule has 0 spiro atoms. The molecule has 0 fully saturated rings. The minimum absolute atomic E-state index is 0.276. The number of methoxy groups -OCH3 is 2. The minimum Gasteiger partial charge on any atom is -0.497 e. The van der Waals surface area contributed by atoms with Crippen molar-refractivity contribution in [3.05, 3.63) is 53.2 Å². The molecular weight excluding hydrogens is 348 g/mol. The molecule has 7 heteroatoms. The lowest BCUT2D eigenvalue weighted by atomic mass is 10.1. The molecule has 2 aromatic rings. The van der Waals surface area contributed by atoms with Crippen LogP contribution in [0.2, 0.25) is 0 Å². The Bertz CT molecular complexity index is 943.